The van der Waals surface area contributed by atoms with E-state index in [4.69, 9.17) is 0 Å². The van der Waals surface area contributed by atoms with Crippen molar-refractivity contribution in [3.8, 4) is 0 Å². The first-order valence-electron chi connectivity index (χ1n) is 20.0. The molecular formula is C48H41F5N4O4. The van der Waals surface area contributed by atoms with Crippen LogP contribution in [0.1, 0.15) is 51.8 Å². The highest BCUT2D eigenvalue weighted by Crippen LogP contribution is 2.43. The normalized spacial score (nSPS) is 17.0. The summed E-state index contributed by atoms with van der Waals surface area (Å²) in [4.78, 5) is 59.8. The molecule has 0 spiro atoms. The van der Waals surface area contributed by atoms with E-state index in [1.165, 1.54) is 31.2 Å². The first kappa shape index (κ1) is 41.1. The molecule has 2 amide bonds. The van der Waals surface area contributed by atoms with Gasteiger partial charge in [0.05, 0.1) is 29.9 Å². The van der Waals surface area contributed by atoms with E-state index in [0.717, 1.165) is 40.8 Å². The number of carbonyl (C=O) groups is 2. The van der Waals surface area contributed by atoms with Gasteiger partial charge in [-0.05, 0) is 115 Å². The van der Waals surface area contributed by atoms with Crippen molar-refractivity contribution in [3.05, 3.63) is 174 Å². The van der Waals surface area contributed by atoms with Crippen LogP contribution < -0.4 is 11.1 Å². The number of pyridine rings is 2. The van der Waals surface area contributed by atoms with E-state index in [9.17, 15) is 41.1 Å². The van der Waals surface area contributed by atoms with Crippen molar-refractivity contribution in [2.24, 2.45) is 5.92 Å². The fraction of sp³-hybridized carbons (Fsp3) is 0.250. The lowest BCUT2D eigenvalue weighted by Gasteiger charge is -2.29. The molecule has 8 nitrogen and oxygen atoms in total. The van der Waals surface area contributed by atoms with Crippen LogP contribution in [-0.2, 0) is 22.4 Å². The summed E-state index contributed by atoms with van der Waals surface area (Å²) in [6.07, 6.45) is 5.32. The molecule has 0 radical (unpaired) electrons. The number of amides is 2. The number of likely N-dealkylation sites (tertiary alicyclic amines) is 1. The van der Waals surface area contributed by atoms with E-state index in [1.54, 1.807) is 24.0 Å². The van der Waals surface area contributed by atoms with Gasteiger partial charge in [0.15, 0.2) is 23.3 Å². The summed E-state index contributed by atoms with van der Waals surface area (Å²) >= 11 is 0. The van der Waals surface area contributed by atoms with E-state index >= 15 is 0 Å². The van der Waals surface area contributed by atoms with Gasteiger partial charge in [0.25, 0.3) is 11.1 Å². The standard InChI is InChI=1S/C25H22F2N2O2.C23H19F3N2O2/c1-13-5-3-4-6-16(13)18-9-15-10-21(18)29(12-15)22(30)11-17-14(2)23-20(28-25(17)31)8-7-19(26)24(23)27;1-13-17(23(30)27-19-8-7-18(25)22(26)21(13)19)11-20(29)28-9-3-5-15(12-28)14-4-2-6-16(24)10-14/h3-9,15,21H,10-12H2,1-2H3,(H,28,31);2,4-8,10H,3,9,11-12H2,1H3,(H,27,30)/t15-,21-;/m1./s1. The minimum absolute atomic E-state index is 0.0193. The number of benzene rings is 4. The van der Waals surface area contributed by atoms with Crippen LogP contribution in [0.4, 0.5) is 22.0 Å². The van der Waals surface area contributed by atoms with E-state index < -0.39 is 34.4 Å². The zero-order valence-electron chi connectivity index (χ0n) is 33.6. The molecule has 2 bridgehead atoms. The summed E-state index contributed by atoms with van der Waals surface area (Å²) in [5.74, 6) is -4.59. The van der Waals surface area contributed by atoms with Crippen LogP contribution in [0.15, 0.2) is 94.5 Å². The van der Waals surface area contributed by atoms with Crippen molar-refractivity contribution in [2.45, 2.75) is 52.5 Å². The second kappa shape index (κ2) is 16.4. The Morgan fingerprint density at radius 3 is 1.93 bits per heavy atom. The predicted molar refractivity (Wildman–Crippen MR) is 224 cm³/mol. The fourth-order valence-corrected chi connectivity index (χ4v) is 8.97. The Labute approximate surface area is 347 Å². The van der Waals surface area contributed by atoms with Crippen molar-refractivity contribution in [1.82, 2.24) is 19.8 Å². The number of carbonyl (C=O) groups excluding carboxylic acids is 2. The third-order valence-corrected chi connectivity index (χ3v) is 12.1. The van der Waals surface area contributed by atoms with Gasteiger partial charge in [0, 0.05) is 41.5 Å². The minimum Gasteiger partial charge on any atom is -0.338 e. The van der Waals surface area contributed by atoms with Gasteiger partial charge in [0.1, 0.15) is 5.82 Å². The van der Waals surface area contributed by atoms with Gasteiger partial charge in [-0.15, -0.1) is 0 Å². The van der Waals surface area contributed by atoms with E-state index in [0.29, 0.717) is 36.6 Å². The van der Waals surface area contributed by atoms with E-state index in [-0.39, 0.29) is 81.6 Å². The molecule has 1 fully saturated rings. The number of hydrogen-bond acceptors (Lipinski definition) is 4. The zero-order valence-corrected chi connectivity index (χ0v) is 33.6. The van der Waals surface area contributed by atoms with Crippen LogP contribution >= 0.6 is 0 Å². The van der Waals surface area contributed by atoms with Crippen molar-refractivity contribution in [3.63, 3.8) is 0 Å². The number of aryl methyl sites for hydroxylation is 3. The number of H-pyrrole nitrogens is 2. The number of nitrogens with one attached hydrogen (secondary N) is 2. The zero-order chi connectivity index (χ0) is 43.3. The first-order chi connectivity index (χ1) is 29.2. The topological polar surface area (TPSA) is 106 Å². The third kappa shape index (κ3) is 7.80. The average Bonchev–Trinajstić information content (AvgIpc) is 3.86. The number of nitrogens with zero attached hydrogens (tertiary/aromatic N) is 2. The number of hydrogen-bond donors (Lipinski definition) is 2. The molecular weight excluding hydrogens is 792 g/mol. The maximum Gasteiger partial charge on any atom is 0.252 e. The second-order valence-electron chi connectivity index (χ2n) is 15.9. The molecule has 0 unspecified atom stereocenters. The highest BCUT2D eigenvalue weighted by molar-refractivity contribution is 5.89. The number of halogens is 5. The van der Waals surface area contributed by atoms with E-state index in [2.05, 4.69) is 35.1 Å². The van der Waals surface area contributed by atoms with Gasteiger partial charge in [-0.1, -0.05) is 48.6 Å². The summed E-state index contributed by atoms with van der Waals surface area (Å²) < 4.78 is 69.7. The van der Waals surface area contributed by atoms with Crippen LogP contribution in [0.5, 0.6) is 0 Å². The molecule has 2 atom stereocenters. The molecule has 13 heteroatoms. The molecule has 1 aliphatic carbocycles. The molecule has 0 saturated carbocycles. The summed E-state index contributed by atoms with van der Waals surface area (Å²) in [6, 6.07) is 18.8. The molecule has 9 rings (SSSR count). The van der Waals surface area contributed by atoms with Gasteiger partial charge < -0.3 is 19.8 Å². The summed E-state index contributed by atoms with van der Waals surface area (Å²) in [6.45, 7) is 6.50. The SMILES string of the molecule is Cc1c(CC(=O)N2CCC=C(c3cccc(F)c3)C2)c(=O)[nH]c2ccc(F)c(F)c12.Cc1ccccc1C1=C[C@@H]2C[C@H]1N(C(=O)Cc1c(C)c3c(F)c(F)ccc3[nH]c1=O)C2. The molecule has 61 heavy (non-hydrogen) atoms. The summed E-state index contributed by atoms with van der Waals surface area (Å²) in [7, 11) is 0. The van der Waals surface area contributed by atoms with Crippen LogP contribution in [-0.4, -0.2) is 57.3 Å². The largest absolute Gasteiger partial charge is 0.338 e. The van der Waals surface area contributed by atoms with Gasteiger partial charge in [-0.2, -0.15) is 0 Å². The number of rotatable bonds is 6. The lowest BCUT2D eigenvalue weighted by Crippen LogP contribution is -2.39. The Morgan fingerprint density at radius 2 is 1.34 bits per heavy atom. The monoisotopic (exact) mass is 832 g/mol. The van der Waals surface area contributed by atoms with Crippen molar-refractivity contribution in [1.29, 1.82) is 0 Å². The summed E-state index contributed by atoms with van der Waals surface area (Å²) in [5.41, 5.74) is 5.30. The maximum atomic E-state index is 14.4. The molecule has 2 aliphatic heterocycles. The smallest absolute Gasteiger partial charge is 0.252 e. The van der Waals surface area contributed by atoms with Crippen molar-refractivity contribution >= 4 is 44.8 Å². The number of aromatic amines is 2. The molecule has 1 saturated heterocycles. The Kier molecular flexibility index (Phi) is 11.1. The van der Waals surface area contributed by atoms with Gasteiger partial charge in [-0.25, -0.2) is 22.0 Å². The Hall–Kier alpha value is -6.63. The van der Waals surface area contributed by atoms with Gasteiger partial charge in [-0.3, -0.25) is 19.2 Å². The summed E-state index contributed by atoms with van der Waals surface area (Å²) in [5, 5.41) is -0.0118. The third-order valence-electron chi connectivity index (χ3n) is 12.1. The maximum absolute atomic E-state index is 14.4. The minimum atomic E-state index is -1.05. The van der Waals surface area contributed by atoms with Crippen LogP contribution in [0.25, 0.3) is 33.0 Å². The van der Waals surface area contributed by atoms with E-state index in [1.807, 2.05) is 23.1 Å². The molecule has 2 N–H and O–H groups in total. The average molecular weight is 833 g/mol. The van der Waals surface area contributed by atoms with Crippen LogP contribution in [0, 0.1) is 55.8 Å². The molecule has 4 heterocycles. The lowest BCUT2D eigenvalue weighted by molar-refractivity contribution is -0.131. The molecule has 2 aromatic heterocycles. The van der Waals surface area contributed by atoms with Crippen molar-refractivity contribution in [2.75, 3.05) is 19.6 Å². The number of fused-ring (bicyclic) bond motifs is 4. The quantitative estimate of drug-likeness (QED) is 0.165. The van der Waals surface area contributed by atoms with Crippen LogP contribution in [0.3, 0.4) is 0 Å². The highest BCUT2D eigenvalue weighted by Gasteiger charge is 2.42. The van der Waals surface area contributed by atoms with Gasteiger partial charge in [0.2, 0.25) is 11.8 Å². The van der Waals surface area contributed by atoms with Gasteiger partial charge >= 0.3 is 0 Å². The first-order valence-corrected chi connectivity index (χ1v) is 20.0. The van der Waals surface area contributed by atoms with Crippen LogP contribution in [0.2, 0.25) is 0 Å². The Balaban J connectivity index is 0.000000169. The lowest BCUT2D eigenvalue weighted by atomic mass is 9.95. The highest BCUT2D eigenvalue weighted by atomic mass is 19.2. The molecule has 6 aromatic rings. The molecule has 3 aliphatic rings. The molecule has 312 valence electrons. The predicted octanol–water partition coefficient (Wildman–Crippen LogP) is 8.39. The second-order valence-corrected chi connectivity index (χ2v) is 15.9. The molecule has 4 aromatic carbocycles. The van der Waals surface area contributed by atoms with Crippen molar-refractivity contribution < 1.29 is 31.5 Å². The fourth-order valence-electron chi connectivity index (χ4n) is 8.97. The Bertz CT molecular complexity index is 2970. The number of aromatic nitrogens is 2. The Morgan fingerprint density at radius 1 is 0.738 bits per heavy atom.